The molecule has 1 saturated carbocycles. The molecule has 3 heterocycles. The van der Waals surface area contributed by atoms with E-state index in [1.54, 1.807) is 38.1 Å². The van der Waals surface area contributed by atoms with Crippen LogP contribution in [0, 0.1) is 23.2 Å². The molecule has 0 atom stereocenters. The van der Waals surface area contributed by atoms with Crippen LogP contribution in [0.4, 0.5) is 24.5 Å². The van der Waals surface area contributed by atoms with Crippen LogP contribution >= 0.6 is 11.8 Å². The smallest absolute Gasteiger partial charge is 0.406 e. The van der Waals surface area contributed by atoms with E-state index in [2.05, 4.69) is 27.4 Å². The molecule has 0 bridgehead atoms. The van der Waals surface area contributed by atoms with E-state index in [1.807, 2.05) is 24.5 Å². The fourth-order valence-corrected chi connectivity index (χ4v) is 7.11. The van der Waals surface area contributed by atoms with Crippen molar-refractivity contribution >= 4 is 40.0 Å². The number of ether oxygens (including phenoxy) is 2. The zero-order valence-corrected chi connectivity index (χ0v) is 27.3. The molecule has 3 aliphatic rings. The van der Waals surface area contributed by atoms with E-state index >= 15 is 0 Å². The largest absolute Gasteiger partial charge is 0.424 e. The van der Waals surface area contributed by atoms with Crippen LogP contribution in [-0.2, 0) is 16.1 Å². The van der Waals surface area contributed by atoms with Crippen LogP contribution in [0.5, 0.6) is 5.75 Å². The van der Waals surface area contributed by atoms with Crippen molar-refractivity contribution < 1.29 is 27.4 Å². The summed E-state index contributed by atoms with van der Waals surface area (Å²) >= 11 is 1.53. The lowest BCUT2D eigenvalue weighted by atomic mass is 9.75. The minimum atomic E-state index is -4.41. The van der Waals surface area contributed by atoms with Crippen LogP contribution in [0.1, 0.15) is 45.2 Å². The van der Waals surface area contributed by atoms with Crippen LogP contribution in [0.2, 0.25) is 0 Å². The number of aromatic nitrogens is 1. The molecule has 3 aromatic rings. The molecule has 11 heteroatoms. The highest BCUT2D eigenvalue weighted by Gasteiger charge is 2.50. The molecule has 2 N–H and O–H groups in total. The molecule has 0 radical (unpaired) electrons. The number of benzene rings is 2. The second-order valence-electron chi connectivity index (χ2n) is 13.1. The first kappa shape index (κ1) is 32.6. The van der Waals surface area contributed by atoms with Gasteiger partial charge in [-0.3, -0.25) is 9.69 Å². The second-order valence-corrected chi connectivity index (χ2v) is 14.0. The Kier molecular flexibility index (Phi) is 9.51. The minimum Gasteiger partial charge on any atom is -0.424 e. The Morgan fingerprint density at radius 1 is 1.11 bits per heavy atom. The van der Waals surface area contributed by atoms with E-state index in [4.69, 9.17) is 9.47 Å². The van der Waals surface area contributed by atoms with Gasteiger partial charge in [-0.15, -0.1) is 11.8 Å². The van der Waals surface area contributed by atoms with E-state index in [-0.39, 0.29) is 24.5 Å². The van der Waals surface area contributed by atoms with E-state index in [0.717, 1.165) is 68.0 Å². The van der Waals surface area contributed by atoms with Gasteiger partial charge in [0.05, 0.1) is 42.6 Å². The van der Waals surface area contributed by atoms with Gasteiger partial charge in [-0.1, -0.05) is 25.8 Å². The van der Waals surface area contributed by atoms with Crippen molar-refractivity contribution in [2.24, 2.45) is 11.3 Å². The number of fused-ring (bicyclic) bond motifs is 1. The molecular weight excluding hydrogens is 613 g/mol. The number of hydrogen-bond donors (Lipinski definition) is 2. The third-order valence-corrected chi connectivity index (χ3v) is 9.93. The number of nitrogens with one attached hydrogen (secondary N) is 2. The summed E-state index contributed by atoms with van der Waals surface area (Å²) in [5.74, 6) is 5.70. The molecule has 7 nitrogen and oxygen atoms in total. The van der Waals surface area contributed by atoms with Crippen LogP contribution in [-0.4, -0.2) is 72.8 Å². The first-order valence-corrected chi connectivity index (χ1v) is 17.1. The maximum Gasteiger partial charge on any atom is 0.406 e. The summed E-state index contributed by atoms with van der Waals surface area (Å²) in [6, 6.07) is 13.6. The van der Waals surface area contributed by atoms with Gasteiger partial charge in [-0.25, -0.2) is 0 Å². The Morgan fingerprint density at radius 2 is 1.87 bits per heavy atom. The highest BCUT2D eigenvalue weighted by molar-refractivity contribution is 7.98. The molecule has 1 spiro atoms. The lowest BCUT2D eigenvalue weighted by molar-refractivity contribution is -0.200. The van der Waals surface area contributed by atoms with Crippen molar-refractivity contribution in [3.8, 4) is 17.6 Å². The zero-order valence-electron chi connectivity index (χ0n) is 26.5. The maximum atomic E-state index is 13.7. The average molecular weight is 655 g/mol. The van der Waals surface area contributed by atoms with Gasteiger partial charge >= 0.3 is 12.1 Å². The lowest BCUT2D eigenvalue weighted by Crippen LogP contribution is -2.68. The number of esters is 1. The predicted octanol–water partition coefficient (Wildman–Crippen LogP) is 7.01. The number of thioether (sulfide) groups is 1. The van der Waals surface area contributed by atoms with Gasteiger partial charge in [-0.2, -0.15) is 13.2 Å². The van der Waals surface area contributed by atoms with Gasteiger partial charge in [0.2, 0.25) is 0 Å². The number of alkyl halides is 3. The summed E-state index contributed by atoms with van der Waals surface area (Å²) in [6.45, 7) is 6.61. The summed E-state index contributed by atoms with van der Waals surface area (Å²) in [5, 5.41) is 7.55. The number of carbonyl (C=O) groups is 1. The van der Waals surface area contributed by atoms with Crippen molar-refractivity contribution in [3.63, 3.8) is 0 Å². The topological polar surface area (TPSA) is 67.8 Å². The van der Waals surface area contributed by atoms with E-state index in [9.17, 15) is 18.0 Å². The third-order valence-electron chi connectivity index (χ3n) is 9.20. The fourth-order valence-electron chi connectivity index (χ4n) is 6.68. The van der Waals surface area contributed by atoms with Crippen LogP contribution in [0.15, 0.2) is 47.4 Å². The summed E-state index contributed by atoms with van der Waals surface area (Å²) < 4.78 is 53.5. The Morgan fingerprint density at radius 3 is 2.52 bits per heavy atom. The van der Waals surface area contributed by atoms with Gasteiger partial charge in [-0.05, 0) is 74.3 Å². The molecule has 0 amide bonds. The van der Waals surface area contributed by atoms with Crippen molar-refractivity contribution in [1.82, 2.24) is 9.47 Å². The fraction of sp³-hybridized carbons (Fsp3) is 0.514. The summed E-state index contributed by atoms with van der Waals surface area (Å²) in [5.41, 5.74) is 2.63. The second kappa shape index (κ2) is 13.4. The Balaban J connectivity index is 1.16. The molecule has 1 aliphatic carbocycles. The van der Waals surface area contributed by atoms with Gasteiger partial charge in [0, 0.05) is 46.6 Å². The number of carbonyl (C=O) groups excluding carboxylic acids is 1. The normalized spacial score (nSPS) is 20.9. The summed E-state index contributed by atoms with van der Waals surface area (Å²) in [7, 11) is 0. The minimum absolute atomic E-state index is 0.151. The van der Waals surface area contributed by atoms with E-state index in [1.165, 1.54) is 16.3 Å². The highest BCUT2D eigenvalue weighted by Crippen LogP contribution is 2.41. The Hall–Kier alpha value is -3.33. The quantitative estimate of drug-likeness (QED) is 0.111. The number of halogens is 3. The standard InChI is InChI=1S/C35H41F3N4O3S/c1-23(2)33(43)45-32-17-27(46-3)13-14-30(32)39-15-5-6-26-16-28-29(7-4-8-31(28)42(26)20-35(36,37)38)40-24-9-11-25(12-10-24)41-18-34(19-41)21-44-22-34/h4,7-8,13-14,16-17,23-25,39-40H,9-12,15,18-22H2,1-3H3. The van der Waals surface area contributed by atoms with E-state index in [0.29, 0.717) is 34.1 Å². The molecular formula is C35H41F3N4O3S. The van der Waals surface area contributed by atoms with Crippen molar-refractivity contribution in [3.05, 3.63) is 48.2 Å². The molecule has 3 fully saturated rings. The van der Waals surface area contributed by atoms with Crippen LogP contribution in [0.3, 0.4) is 0 Å². The van der Waals surface area contributed by atoms with Gasteiger partial charge in [0.15, 0.2) is 5.75 Å². The van der Waals surface area contributed by atoms with Gasteiger partial charge in [0.25, 0.3) is 0 Å². The molecule has 0 unspecified atom stereocenters. The monoisotopic (exact) mass is 654 g/mol. The third kappa shape index (κ3) is 7.29. The van der Waals surface area contributed by atoms with E-state index < -0.39 is 12.7 Å². The summed E-state index contributed by atoms with van der Waals surface area (Å²) in [4.78, 5) is 15.8. The van der Waals surface area contributed by atoms with Crippen LogP contribution < -0.4 is 15.4 Å². The Bertz CT molecular complexity index is 1620. The first-order chi connectivity index (χ1) is 22.0. The number of anilines is 2. The number of likely N-dealkylation sites (tertiary alicyclic amines) is 1. The molecule has 246 valence electrons. The zero-order chi connectivity index (χ0) is 32.5. The van der Waals surface area contributed by atoms with Crippen molar-refractivity contribution in [2.75, 3.05) is 49.7 Å². The van der Waals surface area contributed by atoms with Crippen LogP contribution in [0.25, 0.3) is 10.9 Å². The van der Waals surface area contributed by atoms with Crippen molar-refractivity contribution in [2.45, 2.75) is 69.2 Å². The molecule has 1 aromatic heterocycles. The first-order valence-electron chi connectivity index (χ1n) is 15.9. The molecule has 6 rings (SSSR count). The summed E-state index contributed by atoms with van der Waals surface area (Å²) in [6.07, 6.45) is 1.80. The molecule has 2 aliphatic heterocycles. The SMILES string of the molecule is CSc1ccc(NCC#Cc2cc3c(NC4CCC(N5CC6(COC6)C5)CC4)cccc3n2CC(F)(F)F)c(OC(=O)C(C)C)c1. The number of nitrogens with zero attached hydrogens (tertiary/aromatic N) is 2. The molecule has 2 aromatic carbocycles. The highest BCUT2D eigenvalue weighted by atomic mass is 32.2. The number of hydrogen-bond acceptors (Lipinski definition) is 7. The van der Waals surface area contributed by atoms with Gasteiger partial charge < -0.3 is 24.7 Å². The van der Waals surface area contributed by atoms with Gasteiger partial charge in [0.1, 0.15) is 6.54 Å². The maximum absolute atomic E-state index is 13.7. The van der Waals surface area contributed by atoms with Crippen molar-refractivity contribution in [1.29, 1.82) is 0 Å². The number of rotatable bonds is 9. The average Bonchev–Trinajstić information content (AvgIpc) is 3.31. The molecule has 2 saturated heterocycles. The Labute approximate surface area is 272 Å². The molecule has 46 heavy (non-hydrogen) atoms. The predicted molar refractivity (Wildman–Crippen MR) is 177 cm³/mol. The lowest BCUT2D eigenvalue weighted by Gasteiger charge is -2.58.